The molecule has 0 aromatic heterocycles. The van der Waals surface area contributed by atoms with Gasteiger partial charge in [-0.15, -0.1) is 0 Å². The Morgan fingerprint density at radius 3 is 2.40 bits per heavy atom. The van der Waals surface area contributed by atoms with E-state index in [1.807, 2.05) is 0 Å². The first kappa shape index (κ1) is 16.2. The number of carbonyl (C=O) groups is 1. The van der Waals surface area contributed by atoms with Crippen LogP contribution in [0.1, 0.15) is 48.9 Å². The number of amides is 1. The Bertz CT molecular complexity index is 792. The van der Waals surface area contributed by atoms with Crippen LogP contribution in [-0.4, -0.2) is 11.9 Å². The van der Waals surface area contributed by atoms with E-state index in [2.05, 4.69) is 73.5 Å². The van der Waals surface area contributed by atoms with Crippen LogP contribution in [0.2, 0.25) is 0 Å². The summed E-state index contributed by atoms with van der Waals surface area (Å²) in [5, 5.41) is 3.69. The van der Waals surface area contributed by atoms with Crippen molar-refractivity contribution in [2.45, 2.75) is 52.1 Å². The molecule has 4 rings (SSSR count). The van der Waals surface area contributed by atoms with Crippen LogP contribution in [0.15, 0.2) is 42.5 Å². The zero-order chi connectivity index (χ0) is 17.6. The summed E-state index contributed by atoms with van der Waals surface area (Å²) in [6, 6.07) is 15.5. The molecule has 1 heterocycles. The van der Waals surface area contributed by atoms with Gasteiger partial charge in [0.25, 0.3) is 0 Å². The lowest BCUT2D eigenvalue weighted by Gasteiger charge is -2.40. The van der Waals surface area contributed by atoms with Crippen LogP contribution < -0.4 is 10.2 Å². The van der Waals surface area contributed by atoms with E-state index < -0.39 is 0 Å². The van der Waals surface area contributed by atoms with Crippen molar-refractivity contribution in [3.63, 3.8) is 0 Å². The molecule has 2 aliphatic rings. The van der Waals surface area contributed by atoms with Crippen LogP contribution in [0.5, 0.6) is 0 Å². The van der Waals surface area contributed by atoms with Crippen molar-refractivity contribution in [1.29, 1.82) is 0 Å². The highest BCUT2D eigenvalue weighted by molar-refractivity contribution is 5.98. The molecule has 130 valence electrons. The molecular formula is C22H26N2O. The van der Waals surface area contributed by atoms with Crippen molar-refractivity contribution in [1.82, 2.24) is 0 Å². The normalized spacial score (nSPS) is 22.4. The molecule has 2 aromatic rings. The quantitative estimate of drug-likeness (QED) is 0.857. The second kappa shape index (κ2) is 6.21. The van der Waals surface area contributed by atoms with Crippen LogP contribution in [0.25, 0.3) is 0 Å². The highest BCUT2D eigenvalue weighted by Crippen LogP contribution is 2.42. The van der Waals surface area contributed by atoms with E-state index in [1.165, 1.54) is 16.7 Å². The summed E-state index contributed by atoms with van der Waals surface area (Å²) in [6.45, 7) is 6.40. The summed E-state index contributed by atoms with van der Waals surface area (Å²) < 4.78 is 0. The predicted molar refractivity (Wildman–Crippen MR) is 103 cm³/mol. The Hall–Kier alpha value is -2.29. The second-order valence-corrected chi connectivity index (χ2v) is 7.69. The largest absolute Gasteiger partial charge is 0.378 e. The van der Waals surface area contributed by atoms with Gasteiger partial charge in [0.15, 0.2) is 0 Å². The highest BCUT2D eigenvalue weighted by atomic mass is 16.2. The molecule has 2 unspecified atom stereocenters. The van der Waals surface area contributed by atoms with Crippen LogP contribution in [0.4, 0.5) is 11.4 Å². The van der Waals surface area contributed by atoms with Gasteiger partial charge in [-0.1, -0.05) is 35.4 Å². The maximum absolute atomic E-state index is 12.8. The van der Waals surface area contributed by atoms with Gasteiger partial charge in [-0.05, 0) is 63.8 Å². The van der Waals surface area contributed by atoms with Gasteiger partial charge in [-0.25, -0.2) is 0 Å². The van der Waals surface area contributed by atoms with E-state index in [-0.39, 0.29) is 18.0 Å². The van der Waals surface area contributed by atoms with Crippen molar-refractivity contribution in [3.05, 3.63) is 59.2 Å². The van der Waals surface area contributed by atoms with Crippen molar-refractivity contribution in [2.75, 3.05) is 10.2 Å². The molecule has 2 atom stereocenters. The number of anilines is 2. The zero-order valence-electron chi connectivity index (χ0n) is 15.3. The minimum absolute atomic E-state index is 0.214. The third-order valence-electron chi connectivity index (χ3n) is 5.39. The number of nitrogens with one attached hydrogen (secondary N) is 1. The molecule has 0 bridgehead atoms. The summed E-state index contributed by atoms with van der Waals surface area (Å²) in [4.78, 5) is 14.9. The standard InChI is InChI=1S/C22H26N2O/c1-14-4-9-18(10-5-14)23-20-13-16(3)24(22(25)17-7-8-17)21-11-6-15(2)12-19(20)21/h4-6,9-12,16-17,20,23H,7-8,13H2,1-3H3. The molecule has 0 saturated heterocycles. The molecule has 1 N–H and O–H groups in total. The Balaban J connectivity index is 1.69. The first-order chi connectivity index (χ1) is 12.0. The zero-order valence-corrected chi connectivity index (χ0v) is 15.3. The fourth-order valence-electron chi connectivity index (χ4n) is 3.83. The SMILES string of the molecule is Cc1ccc(NC2CC(C)N(C(=O)C3CC3)c3ccc(C)cc32)cc1. The smallest absolute Gasteiger partial charge is 0.230 e. The van der Waals surface area contributed by atoms with Gasteiger partial charge in [0.2, 0.25) is 5.91 Å². The van der Waals surface area contributed by atoms with Gasteiger partial charge in [0, 0.05) is 23.3 Å². The number of aryl methyl sites for hydroxylation is 2. The van der Waals surface area contributed by atoms with E-state index in [4.69, 9.17) is 0 Å². The van der Waals surface area contributed by atoms with E-state index in [1.54, 1.807) is 0 Å². The van der Waals surface area contributed by atoms with Crippen LogP contribution in [-0.2, 0) is 4.79 Å². The molecule has 1 aliphatic carbocycles. The van der Waals surface area contributed by atoms with Gasteiger partial charge < -0.3 is 10.2 Å². The molecule has 1 saturated carbocycles. The summed E-state index contributed by atoms with van der Waals surface area (Å²) in [7, 11) is 0. The number of fused-ring (bicyclic) bond motifs is 1. The molecule has 3 heteroatoms. The molecule has 0 radical (unpaired) electrons. The monoisotopic (exact) mass is 334 g/mol. The van der Waals surface area contributed by atoms with Crippen molar-refractivity contribution < 1.29 is 4.79 Å². The Kier molecular flexibility index (Phi) is 4.03. The average Bonchev–Trinajstić information content (AvgIpc) is 3.42. The molecule has 25 heavy (non-hydrogen) atoms. The van der Waals surface area contributed by atoms with Crippen LogP contribution >= 0.6 is 0 Å². The summed E-state index contributed by atoms with van der Waals surface area (Å²) >= 11 is 0. The molecule has 2 aromatic carbocycles. The highest BCUT2D eigenvalue weighted by Gasteiger charge is 2.40. The number of hydrogen-bond acceptors (Lipinski definition) is 2. The van der Waals surface area contributed by atoms with Crippen LogP contribution in [0, 0.1) is 19.8 Å². The van der Waals surface area contributed by atoms with Gasteiger partial charge in [0.05, 0.1) is 6.04 Å². The average molecular weight is 334 g/mol. The van der Waals surface area contributed by atoms with Crippen molar-refractivity contribution >= 4 is 17.3 Å². The first-order valence-corrected chi connectivity index (χ1v) is 9.30. The molecule has 0 spiro atoms. The maximum Gasteiger partial charge on any atom is 0.230 e. The number of carbonyl (C=O) groups excluding carboxylic acids is 1. The molecule has 1 amide bonds. The number of rotatable bonds is 3. The summed E-state index contributed by atoms with van der Waals surface area (Å²) in [5.41, 5.74) is 5.97. The third-order valence-corrected chi connectivity index (χ3v) is 5.39. The number of hydrogen-bond donors (Lipinski definition) is 1. The van der Waals surface area contributed by atoms with Gasteiger partial charge >= 0.3 is 0 Å². The minimum Gasteiger partial charge on any atom is -0.378 e. The number of nitrogens with zero attached hydrogens (tertiary/aromatic N) is 1. The molecule has 1 fully saturated rings. The fourth-order valence-corrected chi connectivity index (χ4v) is 3.83. The third kappa shape index (κ3) is 3.15. The van der Waals surface area contributed by atoms with Crippen LogP contribution in [0.3, 0.4) is 0 Å². The minimum atomic E-state index is 0.214. The van der Waals surface area contributed by atoms with E-state index in [0.717, 1.165) is 30.6 Å². The summed E-state index contributed by atoms with van der Waals surface area (Å²) in [6.07, 6.45) is 3.03. The maximum atomic E-state index is 12.8. The number of benzene rings is 2. The van der Waals surface area contributed by atoms with Gasteiger partial charge in [-0.3, -0.25) is 4.79 Å². The fraction of sp³-hybridized carbons (Fsp3) is 0.409. The lowest BCUT2D eigenvalue weighted by atomic mass is 9.90. The molecular weight excluding hydrogens is 308 g/mol. The van der Waals surface area contributed by atoms with Gasteiger partial charge in [-0.2, -0.15) is 0 Å². The topological polar surface area (TPSA) is 32.3 Å². The van der Waals surface area contributed by atoms with E-state index in [9.17, 15) is 4.79 Å². The molecule has 1 aliphatic heterocycles. The predicted octanol–water partition coefficient (Wildman–Crippen LogP) is 4.99. The molecule has 3 nitrogen and oxygen atoms in total. The first-order valence-electron chi connectivity index (χ1n) is 9.30. The summed E-state index contributed by atoms with van der Waals surface area (Å²) in [5.74, 6) is 0.560. The van der Waals surface area contributed by atoms with Crippen molar-refractivity contribution in [2.24, 2.45) is 5.92 Å². The van der Waals surface area contributed by atoms with E-state index >= 15 is 0 Å². The Morgan fingerprint density at radius 2 is 1.72 bits per heavy atom. The van der Waals surface area contributed by atoms with Gasteiger partial charge in [0.1, 0.15) is 0 Å². The second-order valence-electron chi connectivity index (χ2n) is 7.69. The lowest BCUT2D eigenvalue weighted by Crippen LogP contribution is -2.45. The van der Waals surface area contributed by atoms with E-state index in [0.29, 0.717) is 5.91 Å². The Labute approximate surface area is 150 Å². The lowest BCUT2D eigenvalue weighted by molar-refractivity contribution is -0.120. The van der Waals surface area contributed by atoms with Crippen molar-refractivity contribution in [3.8, 4) is 0 Å². The Morgan fingerprint density at radius 1 is 1.04 bits per heavy atom.